The Balaban J connectivity index is 2.13. The summed E-state index contributed by atoms with van der Waals surface area (Å²) in [6.45, 7) is 3.83. The van der Waals surface area contributed by atoms with Crippen molar-refractivity contribution in [1.29, 1.82) is 0 Å². The predicted octanol–water partition coefficient (Wildman–Crippen LogP) is 3.11. The highest BCUT2D eigenvalue weighted by molar-refractivity contribution is 5.39. The fourth-order valence-electron chi connectivity index (χ4n) is 2.18. The molecule has 106 valence electrons. The Bertz CT molecular complexity index is 417. The third-order valence-corrected chi connectivity index (χ3v) is 3.18. The van der Waals surface area contributed by atoms with Gasteiger partial charge in [0, 0.05) is 19.7 Å². The first-order valence-electron chi connectivity index (χ1n) is 6.41. The van der Waals surface area contributed by atoms with Crippen molar-refractivity contribution < 1.29 is 17.9 Å². The van der Waals surface area contributed by atoms with Crippen LogP contribution in [0.25, 0.3) is 0 Å². The molecule has 3 nitrogen and oxygen atoms in total. The van der Waals surface area contributed by atoms with E-state index in [1.54, 1.807) is 6.07 Å². The van der Waals surface area contributed by atoms with Gasteiger partial charge in [-0.05, 0) is 31.9 Å². The van der Waals surface area contributed by atoms with E-state index in [0.29, 0.717) is 18.9 Å². The summed E-state index contributed by atoms with van der Waals surface area (Å²) >= 11 is 0. The van der Waals surface area contributed by atoms with Gasteiger partial charge in [0.2, 0.25) is 0 Å². The number of alkyl halides is 3. The Labute approximate surface area is 110 Å². The summed E-state index contributed by atoms with van der Waals surface area (Å²) < 4.78 is 43.4. The molecule has 0 aromatic carbocycles. The molecule has 1 unspecified atom stereocenters. The molecular formula is C13H17F3N2O. The molecule has 0 aliphatic carbocycles. The molecule has 1 aliphatic heterocycles. The Morgan fingerprint density at radius 1 is 1.42 bits per heavy atom. The summed E-state index contributed by atoms with van der Waals surface area (Å²) in [5.74, 6) is 0.354. The average molecular weight is 274 g/mol. The molecule has 1 aliphatic rings. The van der Waals surface area contributed by atoms with Crippen molar-refractivity contribution in [3.05, 3.63) is 23.9 Å². The number of aromatic nitrogens is 1. The molecule has 1 aromatic heterocycles. The maximum absolute atomic E-state index is 12.6. The quantitative estimate of drug-likeness (QED) is 0.843. The highest BCUT2D eigenvalue weighted by Gasteiger charge is 2.33. The van der Waals surface area contributed by atoms with Crippen molar-refractivity contribution >= 4 is 5.82 Å². The van der Waals surface area contributed by atoms with Crippen molar-refractivity contribution in [3.8, 4) is 0 Å². The SMILES string of the molecule is CCN(CC1CCCO1)c1cccc(C(F)(F)F)n1. The molecule has 6 heteroatoms. The molecule has 0 bridgehead atoms. The highest BCUT2D eigenvalue weighted by Crippen LogP contribution is 2.29. The number of rotatable bonds is 4. The minimum Gasteiger partial charge on any atom is -0.376 e. The topological polar surface area (TPSA) is 25.4 Å². The van der Waals surface area contributed by atoms with Gasteiger partial charge < -0.3 is 9.64 Å². The lowest BCUT2D eigenvalue weighted by Crippen LogP contribution is -2.33. The van der Waals surface area contributed by atoms with Crippen molar-refractivity contribution in [2.75, 3.05) is 24.6 Å². The summed E-state index contributed by atoms with van der Waals surface area (Å²) in [4.78, 5) is 5.53. The second-order valence-electron chi connectivity index (χ2n) is 4.55. The van der Waals surface area contributed by atoms with Gasteiger partial charge in [-0.15, -0.1) is 0 Å². The number of anilines is 1. The van der Waals surface area contributed by atoms with Crippen LogP contribution in [0.3, 0.4) is 0 Å². The van der Waals surface area contributed by atoms with E-state index in [1.807, 2.05) is 11.8 Å². The summed E-state index contributed by atoms with van der Waals surface area (Å²) in [5, 5.41) is 0. The van der Waals surface area contributed by atoms with Crippen LogP contribution in [-0.4, -0.2) is 30.8 Å². The molecule has 2 rings (SSSR count). The first kappa shape index (κ1) is 14.1. The number of hydrogen-bond acceptors (Lipinski definition) is 3. The Morgan fingerprint density at radius 2 is 2.21 bits per heavy atom. The Morgan fingerprint density at radius 3 is 2.79 bits per heavy atom. The van der Waals surface area contributed by atoms with Gasteiger partial charge in [0.05, 0.1) is 6.10 Å². The largest absolute Gasteiger partial charge is 0.433 e. The monoisotopic (exact) mass is 274 g/mol. The summed E-state index contributed by atoms with van der Waals surface area (Å²) in [6, 6.07) is 3.99. The summed E-state index contributed by atoms with van der Waals surface area (Å²) in [7, 11) is 0. The fraction of sp³-hybridized carbons (Fsp3) is 0.615. The van der Waals surface area contributed by atoms with Crippen LogP contribution >= 0.6 is 0 Å². The van der Waals surface area contributed by atoms with E-state index in [0.717, 1.165) is 25.5 Å². The fourth-order valence-corrected chi connectivity index (χ4v) is 2.18. The number of nitrogens with zero attached hydrogens (tertiary/aromatic N) is 2. The van der Waals surface area contributed by atoms with Crippen LogP contribution in [0.5, 0.6) is 0 Å². The maximum Gasteiger partial charge on any atom is 0.433 e. The molecule has 0 radical (unpaired) electrons. The van der Waals surface area contributed by atoms with E-state index in [-0.39, 0.29) is 6.10 Å². The molecule has 1 atom stereocenters. The van der Waals surface area contributed by atoms with Gasteiger partial charge in [-0.2, -0.15) is 13.2 Å². The molecule has 1 aromatic rings. The highest BCUT2D eigenvalue weighted by atomic mass is 19.4. The van der Waals surface area contributed by atoms with E-state index in [9.17, 15) is 13.2 Å². The number of hydrogen-bond donors (Lipinski definition) is 0. The van der Waals surface area contributed by atoms with E-state index >= 15 is 0 Å². The van der Waals surface area contributed by atoms with Crippen LogP contribution in [-0.2, 0) is 10.9 Å². The van der Waals surface area contributed by atoms with Crippen LogP contribution < -0.4 is 4.90 Å². The molecule has 2 heterocycles. The molecule has 0 amide bonds. The van der Waals surface area contributed by atoms with Crippen molar-refractivity contribution in [2.24, 2.45) is 0 Å². The Kier molecular flexibility index (Phi) is 4.29. The molecule has 0 saturated carbocycles. The van der Waals surface area contributed by atoms with E-state index in [2.05, 4.69) is 4.98 Å². The van der Waals surface area contributed by atoms with Crippen molar-refractivity contribution in [1.82, 2.24) is 4.98 Å². The summed E-state index contributed by atoms with van der Waals surface area (Å²) in [6.07, 6.45) is -2.34. The first-order valence-corrected chi connectivity index (χ1v) is 6.41. The van der Waals surface area contributed by atoms with Crippen molar-refractivity contribution in [3.63, 3.8) is 0 Å². The van der Waals surface area contributed by atoms with Gasteiger partial charge >= 0.3 is 6.18 Å². The Hall–Kier alpha value is -1.30. The third kappa shape index (κ3) is 3.59. The van der Waals surface area contributed by atoms with Crippen LogP contribution in [0, 0.1) is 0 Å². The van der Waals surface area contributed by atoms with Gasteiger partial charge in [-0.25, -0.2) is 4.98 Å². The summed E-state index contributed by atoms with van der Waals surface area (Å²) in [5.41, 5.74) is -0.851. The zero-order valence-corrected chi connectivity index (χ0v) is 10.8. The zero-order chi connectivity index (χ0) is 13.9. The smallest absolute Gasteiger partial charge is 0.376 e. The van der Waals surface area contributed by atoms with E-state index < -0.39 is 11.9 Å². The van der Waals surface area contributed by atoms with Gasteiger partial charge in [0.1, 0.15) is 11.5 Å². The minimum absolute atomic E-state index is 0.0938. The van der Waals surface area contributed by atoms with Gasteiger partial charge in [0.25, 0.3) is 0 Å². The molecule has 0 N–H and O–H groups in total. The second kappa shape index (κ2) is 5.77. The van der Waals surface area contributed by atoms with Gasteiger partial charge in [0.15, 0.2) is 0 Å². The average Bonchev–Trinajstić information content (AvgIpc) is 2.88. The van der Waals surface area contributed by atoms with Crippen LogP contribution in [0.4, 0.5) is 19.0 Å². The predicted molar refractivity (Wildman–Crippen MR) is 66.1 cm³/mol. The molecule has 1 saturated heterocycles. The van der Waals surface area contributed by atoms with Gasteiger partial charge in [-0.1, -0.05) is 6.07 Å². The van der Waals surface area contributed by atoms with Crippen LogP contribution in [0.1, 0.15) is 25.5 Å². The minimum atomic E-state index is -4.40. The lowest BCUT2D eigenvalue weighted by Gasteiger charge is -2.25. The number of ether oxygens (including phenoxy) is 1. The standard InChI is InChI=1S/C13H17F3N2O/c1-2-18(9-10-5-4-8-19-10)12-7-3-6-11(17-12)13(14,15)16/h3,6-7,10H,2,4-5,8-9H2,1H3. The molecule has 19 heavy (non-hydrogen) atoms. The third-order valence-electron chi connectivity index (χ3n) is 3.18. The number of halogens is 3. The molecule has 1 fully saturated rings. The molecular weight excluding hydrogens is 257 g/mol. The second-order valence-corrected chi connectivity index (χ2v) is 4.55. The normalized spacial score (nSPS) is 19.7. The number of pyridine rings is 1. The first-order chi connectivity index (χ1) is 9.00. The lowest BCUT2D eigenvalue weighted by molar-refractivity contribution is -0.141. The molecule has 0 spiro atoms. The van der Waals surface area contributed by atoms with E-state index in [4.69, 9.17) is 4.74 Å². The van der Waals surface area contributed by atoms with Crippen LogP contribution in [0.2, 0.25) is 0 Å². The van der Waals surface area contributed by atoms with Crippen molar-refractivity contribution in [2.45, 2.75) is 32.0 Å². The zero-order valence-electron chi connectivity index (χ0n) is 10.8. The van der Waals surface area contributed by atoms with Crippen LogP contribution in [0.15, 0.2) is 18.2 Å². The van der Waals surface area contributed by atoms with E-state index in [1.165, 1.54) is 6.07 Å². The maximum atomic E-state index is 12.6. The van der Waals surface area contributed by atoms with Gasteiger partial charge in [-0.3, -0.25) is 0 Å². The lowest BCUT2D eigenvalue weighted by atomic mass is 10.2. The number of likely N-dealkylation sites (N-methyl/N-ethyl adjacent to an activating group) is 1.